The largest absolute Gasteiger partial charge is 0.481 e. The molecule has 1 heterocycles. The first-order valence-corrected chi connectivity index (χ1v) is 12.4. The maximum atomic E-state index is 13.5. The fourth-order valence-electron chi connectivity index (χ4n) is 3.45. The molecular formula is C24H35N3O6S. The lowest BCUT2D eigenvalue weighted by Crippen LogP contribution is -2.30. The predicted molar refractivity (Wildman–Crippen MR) is 130 cm³/mol. The van der Waals surface area contributed by atoms with E-state index in [0.717, 1.165) is 0 Å². The number of rotatable bonds is 10. The Morgan fingerprint density at radius 2 is 1.76 bits per heavy atom. The summed E-state index contributed by atoms with van der Waals surface area (Å²) in [5.41, 5.74) is 3.45. The number of esters is 1. The van der Waals surface area contributed by atoms with E-state index in [1.807, 2.05) is 26.2 Å². The van der Waals surface area contributed by atoms with Gasteiger partial charge in [0, 0.05) is 18.8 Å². The van der Waals surface area contributed by atoms with Gasteiger partial charge in [-0.15, -0.1) is 0 Å². The lowest BCUT2D eigenvalue weighted by molar-refractivity contribution is -0.149. The number of ketones is 1. The van der Waals surface area contributed by atoms with Crippen LogP contribution < -0.4 is 15.0 Å². The molecule has 0 bridgehead atoms. The van der Waals surface area contributed by atoms with Crippen LogP contribution in [0.25, 0.3) is 0 Å². The van der Waals surface area contributed by atoms with E-state index in [9.17, 15) is 9.59 Å². The molecule has 1 aromatic heterocycles. The zero-order valence-electron chi connectivity index (χ0n) is 21.2. The van der Waals surface area contributed by atoms with Crippen molar-refractivity contribution in [3.63, 3.8) is 0 Å². The van der Waals surface area contributed by atoms with Gasteiger partial charge in [0.15, 0.2) is 10.9 Å². The van der Waals surface area contributed by atoms with E-state index in [1.165, 1.54) is 26.0 Å². The summed E-state index contributed by atoms with van der Waals surface area (Å²) >= 11 is 1.36. The number of thioether (sulfide) groups is 1. The topological polar surface area (TPSA) is 109 Å². The van der Waals surface area contributed by atoms with E-state index in [-0.39, 0.29) is 24.4 Å². The highest BCUT2D eigenvalue weighted by Crippen LogP contribution is 2.44. The second-order valence-corrected chi connectivity index (χ2v) is 9.44. The van der Waals surface area contributed by atoms with Crippen LogP contribution in [0.4, 0.5) is 0 Å². The van der Waals surface area contributed by atoms with Gasteiger partial charge in [-0.3, -0.25) is 19.9 Å². The molecule has 0 fully saturated rings. The lowest BCUT2D eigenvalue weighted by Gasteiger charge is -2.29. The zero-order chi connectivity index (χ0) is 25.5. The third-order valence-electron chi connectivity index (χ3n) is 5.09. The number of Topliss-reactive ketones (excluding diaryl/α,β-unsaturated/α-hetero) is 1. The molecule has 188 valence electrons. The third kappa shape index (κ3) is 6.50. The molecule has 0 amide bonds. The number of hydrogen-bond acceptors (Lipinski definition) is 10. The fourth-order valence-corrected chi connectivity index (χ4v) is 3.80. The van der Waals surface area contributed by atoms with Crippen molar-refractivity contribution in [3.05, 3.63) is 28.7 Å². The van der Waals surface area contributed by atoms with E-state index < -0.39 is 17.3 Å². The first kappa shape index (κ1) is 27.7. The molecule has 34 heavy (non-hydrogen) atoms. The van der Waals surface area contributed by atoms with Gasteiger partial charge in [0.25, 0.3) is 0 Å². The molecule has 0 radical (unpaired) electrons. The molecule has 0 saturated carbocycles. The number of hydrogen-bond donors (Lipinski definition) is 1. The summed E-state index contributed by atoms with van der Waals surface area (Å²) in [7, 11) is 3.02. The Hall–Kier alpha value is -2.59. The Kier molecular flexibility index (Phi) is 9.93. The van der Waals surface area contributed by atoms with Crippen LogP contribution in [0.5, 0.6) is 11.8 Å². The summed E-state index contributed by atoms with van der Waals surface area (Å²) in [5, 5.41) is 0.490. The van der Waals surface area contributed by atoms with Gasteiger partial charge in [-0.05, 0) is 40.4 Å². The van der Waals surface area contributed by atoms with Crippen molar-refractivity contribution < 1.29 is 28.6 Å². The average Bonchev–Trinajstić information content (AvgIpc) is 2.80. The number of carbonyl (C=O) groups is 2. The average molecular weight is 494 g/mol. The fraction of sp³-hybridized carbons (Fsp3) is 0.583. The molecule has 2 rings (SSSR count). The lowest BCUT2D eigenvalue weighted by atomic mass is 9.81. The highest BCUT2D eigenvalue weighted by atomic mass is 32.2. The number of nitrogens with one attached hydrogen (secondary N) is 1. The van der Waals surface area contributed by atoms with Gasteiger partial charge in [-0.2, -0.15) is 9.97 Å². The van der Waals surface area contributed by atoms with Crippen LogP contribution in [0, 0.1) is 5.41 Å². The molecule has 1 aromatic rings. The number of allylic oxidation sites excluding steroid dienone is 3. The van der Waals surface area contributed by atoms with Crippen molar-refractivity contribution in [1.82, 2.24) is 15.4 Å². The Morgan fingerprint density at radius 1 is 1.15 bits per heavy atom. The second kappa shape index (κ2) is 12.2. The molecular weight excluding hydrogens is 458 g/mol. The highest BCUT2D eigenvalue weighted by molar-refractivity contribution is 7.98. The van der Waals surface area contributed by atoms with Crippen molar-refractivity contribution in [3.8, 4) is 11.8 Å². The Balaban J connectivity index is 2.64. The summed E-state index contributed by atoms with van der Waals surface area (Å²) in [4.78, 5) is 40.6. The number of ether oxygens (including phenoxy) is 3. The molecule has 1 aliphatic rings. The number of nitrogens with zero attached hydrogens (tertiary/aromatic N) is 2. The Morgan fingerprint density at radius 3 is 2.24 bits per heavy atom. The third-order valence-corrected chi connectivity index (χ3v) is 5.63. The smallest absolute Gasteiger partial charge is 0.316 e. The summed E-state index contributed by atoms with van der Waals surface area (Å²) in [6.45, 7) is 9.47. The van der Waals surface area contributed by atoms with Crippen molar-refractivity contribution in [2.45, 2.75) is 65.0 Å². The zero-order valence-corrected chi connectivity index (χ0v) is 22.1. The predicted octanol–water partition coefficient (Wildman–Crippen LogP) is 4.34. The van der Waals surface area contributed by atoms with Gasteiger partial charge in [0.1, 0.15) is 5.76 Å². The van der Waals surface area contributed by atoms with E-state index in [0.29, 0.717) is 46.8 Å². The molecule has 1 aliphatic carbocycles. The van der Waals surface area contributed by atoms with E-state index in [2.05, 4.69) is 15.4 Å². The van der Waals surface area contributed by atoms with E-state index in [1.54, 1.807) is 20.8 Å². The van der Waals surface area contributed by atoms with Gasteiger partial charge in [-0.25, -0.2) is 0 Å². The summed E-state index contributed by atoms with van der Waals surface area (Å²) in [5.74, 6) is -0.112. The van der Waals surface area contributed by atoms with Gasteiger partial charge < -0.3 is 14.2 Å². The molecule has 1 atom stereocenters. The van der Waals surface area contributed by atoms with E-state index in [4.69, 9.17) is 19.0 Å². The van der Waals surface area contributed by atoms with Gasteiger partial charge in [0.05, 0.1) is 43.1 Å². The van der Waals surface area contributed by atoms with Crippen LogP contribution in [0.3, 0.4) is 0 Å². The second-order valence-electron chi connectivity index (χ2n) is 8.67. The van der Waals surface area contributed by atoms with Crippen LogP contribution in [0.15, 0.2) is 28.3 Å². The minimum Gasteiger partial charge on any atom is -0.481 e. The molecule has 0 aromatic carbocycles. The Bertz CT molecular complexity index is 943. The quantitative estimate of drug-likeness (QED) is 0.219. The molecule has 0 aliphatic heterocycles. The number of carbonyl (C=O) groups excluding carboxylic acids is 2. The molecule has 10 heteroatoms. The minimum atomic E-state index is -0.755. The van der Waals surface area contributed by atoms with Gasteiger partial charge in [0.2, 0.25) is 11.8 Å². The van der Waals surface area contributed by atoms with Crippen molar-refractivity contribution in [2.24, 2.45) is 5.41 Å². The van der Waals surface area contributed by atoms with Crippen LogP contribution >= 0.6 is 11.8 Å². The van der Waals surface area contributed by atoms with E-state index >= 15 is 0 Å². The maximum Gasteiger partial charge on any atom is 0.316 e. The first-order valence-electron chi connectivity index (χ1n) is 11.2. The number of hydroxylamine groups is 1. The van der Waals surface area contributed by atoms with Crippen LogP contribution in [0.1, 0.15) is 65.4 Å². The molecule has 9 nitrogen and oxygen atoms in total. The molecule has 1 N–H and O–H groups in total. The number of aromatic nitrogens is 2. The van der Waals surface area contributed by atoms with Crippen molar-refractivity contribution >= 4 is 23.5 Å². The Labute approximate surface area is 205 Å². The van der Waals surface area contributed by atoms with Crippen LogP contribution in [0.2, 0.25) is 0 Å². The van der Waals surface area contributed by atoms with Gasteiger partial charge >= 0.3 is 5.97 Å². The summed E-state index contributed by atoms with van der Waals surface area (Å²) in [6, 6.07) is 0. The highest BCUT2D eigenvalue weighted by Gasteiger charge is 2.38. The van der Waals surface area contributed by atoms with Crippen LogP contribution in [-0.2, 0) is 19.2 Å². The monoisotopic (exact) mass is 493 g/mol. The van der Waals surface area contributed by atoms with Crippen molar-refractivity contribution in [1.29, 1.82) is 0 Å². The van der Waals surface area contributed by atoms with Crippen molar-refractivity contribution in [2.75, 3.05) is 27.1 Å². The van der Waals surface area contributed by atoms with Gasteiger partial charge in [-0.1, -0.05) is 24.8 Å². The molecule has 0 saturated heterocycles. The number of methoxy groups -OCH3 is 2. The molecule has 1 unspecified atom stereocenters. The standard InChI is InChI=1S/C24H35N3O6S/c1-9-11-15(27-32-10-2)19-16(28)12-14(13-17(19)33-22(29)24(3,4)5)18-20(30-6)25-23(34-8)26-21(18)31-7/h11,14,27H,9-10,12-13H2,1-8H3. The summed E-state index contributed by atoms with van der Waals surface area (Å²) < 4.78 is 16.9. The van der Waals surface area contributed by atoms with Crippen LogP contribution in [-0.4, -0.2) is 48.8 Å². The molecule has 0 spiro atoms. The summed E-state index contributed by atoms with van der Waals surface area (Å²) in [6.07, 6.45) is 4.74. The normalized spacial score (nSPS) is 17.0. The maximum absolute atomic E-state index is 13.5. The SMILES string of the molecule is CCC=C(NOCC)C1=C(OC(=O)C(C)(C)C)CC(c2c(OC)nc(SC)nc2OC)CC1=O. The first-order chi connectivity index (χ1) is 16.1. The minimum absolute atomic E-state index is 0.134.